The van der Waals surface area contributed by atoms with Crippen molar-refractivity contribution in [1.82, 2.24) is 19.9 Å². The Balaban J connectivity index is 2.18. The molecule has 0 saturated heterocycles. The number of aromatic nitrogens is 3. The second-order valence-corrected chi connectivity index (χ2v) is 7.34. The molecule has 0 aliphatic rings. The third kappa shape index (κ3) is 3.59. The predicted octanol–water partition coefficient (Wildman–Crippen LogP) is 3.97. The van der Waals surface area contributed by atoms with Crippen LogP contribution in [0.2, 0.25) is 0 Å². The standard InChI is InChI=1S/C20H23FN4O/c1-5-10-22-19(26)16-11-15(13-6-8-14(21)9-7-13)23-18-12-17(20(2,3)4)24-25(16)18/h6-9,11-12H,5,10H2,1-4H3,(H,22,26). The van der Waals surface area contributed by atoms with Crippen LogP contribution in [-0.2, 0) is 5.41 Å². The zero-order valence-corrected chi connectivity index (χ0v) is 15.5. The largest absolute Gasteiger partial charge is 0.351 e. The molecule has 5 nitrogen and oxygen atoms in total. The maximum absolute atomic E-state index is 13.2. The molecule has 1 N–H and O–H groups in total. The topological polar surface area (TPSA) is 59.3 Å². The highest BCUT2D eigenvalue weighted by atomic mass is 19.1. The Morgan fingerprint density at radius 3 is 2.50 bits per heavy atom. The summed E-state index contributed by atoms with van der Waals surface area (Å²) in [6, 6.07) is 9.67. The molecule has 0 saturated carbocycles. The first-order valence-electron chi connectivity index (χ1n) is 8.75. The van der Waals surface area contributed by atoms with E-state index in [9.17, 15) is 9.18 Å². The van der Waals surface area contributed by atoms with Crippen LogP contribution in [0.1, 0.15) is 50.3 Å². The summed E-state index contributed by atoms with van der Waals surface area (Å²) >= 11 is 0. The Kier molecular flexibility index (Phi) is 4.76. The molecular formula is C20H23FN4O. The molecule has 1 amide bonds. The van der Waals surface area contributed by atoms with Gasteiger partial charge in [0.25, 0.3) is 5.91 Å². The first kappa shape index (κ1) is 18.0. The van der Waals surface area contributed by atoms with E-state index in [-0.39, 0.29) is 17.1 Å². The Labute approximate surface area is 152 Å². The van der Waals surface area contributed by atoms with E-state index < -0.39 is 0 Å². The summed E-state index contributed by atoms with van der Waals surface area (Å²) in [5.74, 6) is -0.513. The van der Waals surface area contributed by atoms with Crippen LogP contribution in [0.4, 0.5) is 4.39 Å². The van der Waals surface area contributed by atoms with Crippen molar-refractivity contribution in [3.8, 4) is 11.3 Å². The summed E-state index contributed by atoms with van der Waals surface area (Å²) in [4.78, 5) is 17.3. The molecule has 2 aromatic heterocycles. The number of halogens is 1. The number of fused-ring (bicyclic) bond motifs is 1. The van der Waals surface area contributed by atoms with Crippen LogP contribution in [0.25, 0.3) is 16.9 Å². The molecule has 136 valence electrons. The van der Waals surface area contributed by atoms with Crippen molar-refractivity contribution >= 4 is 11.6 Å². The van der Waals surface area contributed by atoms with Gasteiger partial charge in [0, 0.05) is 23.6 Å². The summed E-state index contributed by atoms with van der Waals surface area (Å²) in [5.41, 5.74) is 3.06. The monoisotopic (exact) mass is 354 g/mol. The fraction of sp³-hybridized carbons (Fsp3) is 0.350. The van der Waals surface area contributed by atoms with Gasteiger partial charge in [0.05, 0.1) is 11.4 Å². The molecule has 0 unspecified atom stereocenters. The highest BCUT2D eigenvalue weighted by molar-refractivity contribution is 5.94. The van der Waals surface area contributed by atoms with Crippen LogP contribution in [0.3, 0.4) is 0 Å². The van der Waals surface area contributed by atoms with E-state index in [0.29, 0.717) is 23.6 Å². The summed E-state index contributed by atoms with van der Waals surface area (Å²) in [6.07, 6.45) is 0.844. The van der Waals surface area contributed by atoms with Gasteiger partial charge in [-0.05, 0) is 36.8 Å². The number of amides is 1. The first-order valence-corrected chi connectivity index (χ1v) is 8.75. The molecule has 0 fully saturated rings. The van der Waals surface area contributed by atoms with E-state index in [1.165, 1.54) is 12.1 Å². The van der Waals surface area contributed by atoms with Gasteiger partial charge >= 0.3 is 0 Å². The lowest BCUT2D eigenvalue weighted by Gasteiger charge is -2.13. The van der Waals surface area contributed by atoms with Gasteiger partial charge in [-0.3, -0.25) is 4.79 Å². The smallest absolute Gasteiger partial charge is 0.270 e. The molecule has 0 aliphatic heterocycles. The normalized spacial score (nSPS) is 11.7. The molecule has 0 radical (unpaired) electrons. The molecule has 0 aliphatic carbocycles. The Hall–Kier alpha value is -2.76. The Bertz CT molecular complexity index is 939. The lowest BCUT2D eigenvalue weighted by Crippen LogP contribution is -2.26. The quantitative estimate of drug-likeness (QED) is 0.771. The summed E-state index contributed by atoms with van der Waals surface area (Å²) < 4.78 is 14.8. The van der Waals surface area contributed by atoms with Crippen molar-refractivity contribution in [2.24, 2.45) is 0 Å². The second-order valence-electron chi connectivity index (χ2n) is 7.34. The molecule has 26 heavy (non-hydrogen) atoms. The van der Waals surface area contributed by atoms with Gasteiger partial charge < -0.3 is 5.32 Å². The number of rotatable bonds is 4. The van der Waals surface area contributed by atoms with Crippen molar-refractivity contribution in [3.63, 3.8) is 0 Å². The fourth-order valence-corrected chi connectivity index (χ4v) is 2.60. The minimum Gasteiger partial charge on any atom is -0.351 e. The number of nitrogens with one attached hydrogen (secondary N) is 1. The summed E-state index contributed by atoms with van der Waals surface area (Å²) in [7, 11) is 0. The molecule has 1 aromatic carbocycles. The van der Waals surface area contributed by atoms with Gasteiger partial charge in [0.1, 0.15) is 11.5 Å². The lowest BCUT2D eigenvalue weighted by atomic mass is 9.93. The third-order valence-electron chi connectivity index (χ3n) is 4.10. The van der Waals surface area contributed by atoms with Crippen LogP contribution in [-0.4, -0.2) is 27.0 Å². The van der Waals surface area contributed by atoms with Crippen molar-refractivity contribution < 1.29 is 9.18 Å². The molecule has 0 atom stereocenters. The van der Waals surface area contributed by atoms with Crippen molar-refractivity contribution in [3.05, 3.63) is 53.6 Å². The minimum absolute atomic E-state index is 0.166. The molecule has 0 bridgehead atoms. The van der Waals surface area contributed by atoms with Crippen molar-refractivity contribution in [1.29, 1.82) is 0 Å². The van der Waals surface area contributed by atoms with Gasteiger partial charge in [-0.25, -0.2) is 13.9 Å². The van der Waals surface area contributed by atoms with Crippen LogP contribution >= 0.6 is 0 Å². The van der Waals surface area contributed by atoms with Gasteiger partial charge in [-0.2, -0.15) is 5.10 Å². The van der Waals surface area contributed by atoms with Gasteiger partial charge in [-0.15, -0.1) is 0 Å². The second kappa shape index (κ2) is 6.86. The number of nitrogens with zero attached hydrogens (tertiary/aromatic N) is 3. The van der Waals surface area contributed by atoms with Crippen LogP contribution in [0.5, 0.6) is 0 Å². The van der Waals surface area contributed by atoms with Crippen LogP contribution in [0.15, 0.2) is 36.4 Å². The average Bonchev–Trinajstić information content (AvgIpc) is 3.04. The highest BCUT2D eigenvalue weighted by Gasteiger charge is 2.22. The number of carbonyl (C=O) groups is 1. The zero-order valence-electron chi connectivity index (χ0n) is 15.5. The third-order valence-corrected chi connectivity index (χ3v) is 4.10. The molecule has 6 heteroatoms. The lowest BCUT2D eigenvalue weighted by molar-refractivity contribution is 0.0946. The summed E-state index contributed by atoms with van der Waals surface area (Å²) in [6.45, 7) is 8.77. The first-order chi connectivity index (χ1) is 12.3. The zero-order chi connectivity index (χ0) is 18.9. The number of carbonyl (C=O) groups excluding carboxylic acids is 1. The van der Waals surface area contributed by atoms with E-state index in [1.807, 2.05) is 13.0 Å². The van der Waals surface area contributed by atoms with E-state index in [2.05, 4.69) is 36.2 Å². The minimum atomic E-state index is -0.310. The van der Waals surface area contributed by atoms with Gasteiger partial charge in [0.2, 0.25) is 0 Å². The molecule has 0 spiro atoms. The van der Waals surface area contributed by atoms with E-state index >= 15 is 0 Å². The molecular weight excluding hydrogens is 331 g/mol. The number of hydrogen-bond acceptors (Lipinski definition) is 3. The highest BCUT2D eigenvalue weighted by Crippen LogP contribution is 2.25. The van der Waals surface area contributed by atoms with Crippen molar-refractivity contribution in [2.75, 3.05) is 6.54 Å². The Morgan fingerprint density at radius 2 is 1.88 bits per heavy atom. The maximum Gasteiger partial charge on any atom is 0.270 e. The summed E-state index contributed by atoms with van der Waals surface area (Å²) in [5, 5.41) is 7.48. The molecule has 3 rings (SSSR count). The van der Waals surface area contributed by atoms with E-state index in [4.69, 9.17) is 0 Å². The van der Waals surface area contributed by atoms with E-state index in [1.54, 1.807) is 22.7 Å². The van der Waals surface area contributed by atoms with Crippen LogP contribution in [0, 0.1) is 5.82 Å². The van der Waals surface area contributed by atoms with Crippen molar-refractivity contribution in [2.45, 2.75) is 39.5 Å². The predicted molar refractivity (Wildman–Crippen MR) is 99.7 cm³/mol. The number of benzene rings is 1. The van der Waals surface area contributed by atoms with E-state index in [0.717, 1.165) is 17.7 Å². The maximum atomic E-state index is 13.2. The SMILES string of the molecule is CCCNC(=O)c1cc(-c2ccc(F)cc2)nc2cc(C(C)(C)C)nn12. The molecule has 3 aromatic rings. The number of hydrogen-bond donors (Lipinski definition) is 1. The van der Waals surface area contributed by atoms with Gasteiger partial charge in [0.15, 0.2) is 5.65 Å². The fourth-order valence-electron chi connectivity index (χ4n) is 2.60. The Morgan fingerprint density at radius 1 is 1.19 bits per heavy atom. The average molecular weight is 354 g/mol. The molecule has 2 heterocycles. The van der Waals surface area contributed by atoms with Crippen LogP contribution < -0.4 is 5.32 Å². The van der Waals surface area contributed by atoms with Gasteiger partial charge in [-0.1, -0.05) is 27.7 Å².